The summed E-state index contributed by atoms with van der Waals surface area (Å²) in [5, 5.41) is 6.61. The van der Waals surface area contributed by atoms with E-state index in [0.29, 0.717) is 48.3 Å². The summed E-state index contributed by atoms with van der Waals surface area (Å²) in [6, 6.07) is 3.89. The molecule has 194 valence electrons. The third-order valence-corrected chi connectivity index (χ3v) is 6.56. The maximum absolute atomic E-state index is 13.4. The van der Waals surface area contributed by atoms with Gasteiger partial charge in [-0.2, -0.15) is 13.2 Å². The molecule has 2 saturated heterocycles. The molecule has 1 unspecified atom stereocenters. The van der Waals surface area contributed by atoms with Crippen molar-refractivity contribution in [2.24, 2.45) is 15.9 Å². The van der Waals surface area contributed by atoms with Crippen LogP contribution >= 0.6 is 0 Å². The van der Waals surface area contributed by atoms with Gasteiger partial charge >= 0.3 is 6.18 Å². The first-order chi connectivity index (χ1) is 17.1. The molecule has 5 nitrogen and oxygen atoms in total. The number of alkyl halides is 3. The molecule has 0 saturated carbocycles. The van der Waals surface area contributed by atoms with Gasteiger partial charge in [0.2, 0.25) is 0 Å². The molecule has 1 aromatic rings. The monoisotopic (exact) mass is 499 g/mol. The lowest BCUT2D eigenvalue weighted by Gasteiger charge is -2.26. The average molecular weight is 500 g/mol. The molecule has 0 aliphatic carbocycles. The fourth-order valence-electron chi connectivity index (χ4n) is 4.30. The lowest BCUT2D eigenvalue weighted by Crippen LogP contribution is -2.33. The highest BCUT2D eigenvalue weighted by molar-refractivity contribution is 5.99. The van der Waals surface area contributed by atoms with Gasteiger partial charge in [-0.3, -0.25) is 4.99 Å². The Hall–Kier alpha value is -3.13. The van der Waals surface area contributed by atoms with E-state index in [1.807, 2.05) is 37.8 Å². The number of aryl methyl sites for hydroxylation is 1. The molecule has 1 atom stereocenters. The number of hydrogen-bond donors (Lipinski definition) is 2. The maximum Gasteiger partial charge on any atom is 0.416 e. The number of benzene rings is 1. The fourth-order valence-corrected chi connectivity index (χ4v) is 4.30. The van der Waals surface area contributed by atoms with Crippen molar-refractivity contribution in [1.29, 1.82) is 0 Å². The van der Waals surface area contributed by atoms with Gasteiger partial charge in [-0.05, 0) is 63.4 Å². The number of aliphatic imine (C=N–C) groups is 2. The Balaban J connectivity index is 1.90. The van der Waals surface area contributed by atoms with E-state index >= 15 is 0 Å². The van der Waals surface area contributed by atoms with Crippen LogP contribution < -0.4 is 10.6 Å². The van der Waals surface area contributed by atoms with E-state index < -0.39 is 11.7 Å². The lowest BCUT2D eigenvalue weighted by atomic mass is 10.0. The second-order valence-electron chi connectivity index (χ2n) is 9.11. The zero-order valence-corrected chi connectivity index (χ0v) is 21.4. The molecular formula is C28H36F3N5. The van der Waals surface area contributed by atoms with E-state index in [1.54, 1.807) is 6.21 Å². The Kier molecular flexibility index (Phi) is 9.31. The molecule has 0 bridgehead atoms. The topological polar surface area (TPSA) is 52.0 Å². The van der Waals surface area contributed by atoms with Gasteiger partial charge in [0.25, 0.3) is 0 Å². The number of allylic oxidation sites excluding steroid dienone is 3. The van der Waals surface area contributed by atoms with Crippen molar-refractivity contribution in [3.05, 3.63) is 82.9 Å². The summed E-state index contributed by atoms with van der Waals surface area (Å²) >= 11 is 0. The van der Waals surface area contributed by atoms with Gasteiger partial charge in [0.05, 0.1) is 17.0 Å². The molecule has 2 N–H and O–H groups in total. The fraction of sp³-hybridized carbons (Fsp3) is 0.429. The van der Waals surface area contributed by atoms with E-state index in [9.17, 15) is 13.2 Å². The summed E-state index contributed by atoms with van der Waals surface area (Å²) in [6.07, 6.45) is 3.08. The zero-order chi connectivity index (χ0) is 26.3. The molecule has 0 radical (unpaired) electrons. The van der Waals surface area contributed by atoms with E-state index in [0.717, 1.165) is 48.8 Å². The van der Waals surface area contributed by atoms with Crippen LogP contribution in [0.5, 0.6) is 0 Å². The van der Waals surface area contributed by atoms with Crippen LogP contribution in [0.4, 0.5) is 13.2 Å². The second-order valence-corrected chi connectivity index (χ2v) is 9.11. The minimum atomic E-state index is -4.39. The van der Waals surface area contributed by atoms with Crippen LogP contribution in [0.3, 0.4) is 0 Å². The van der Waals surface area contributed by atoms with Crippen molar-refractivity contribution < 1.29 is 13.2 Å². The smallest absolute Gasteiger partial charge is 0.382 e. The number of nitrogens with one attached hydrogen (secondary N) is 2. The van der Waals surface area contributed by atoms with E-state index in [4.69, 9.17) is 4.99 Å². The van der Waals surface area contributed by atoms with Gasteiger partial charge in [-0.1, -0.05) is 31.4 Å². The van der Waals surface area contributed by atoms with Gasteiger partial charge in [0.15, 0.2) is 5.84 Å². The lowest BCUT2D eigenvalue weighted by molar-refractivity contribution is -0.137. The SMILES string of the molecule is C=C1NCCCN(Cc2cc(C(F)(F)F)ccc2C)C1=NC(=C\C)/C(C=NC(=C)C1CCNC1)=C/C. The first kappa shape index (κ1) is 27.5. The molecule has 8 heteroatoms. The van der Waals surface area contributed by atoms with Crippen molar-refractivity contribution >= 4 is 12.1 Å². The quantitative estimate of drug-likeness (QED) is 0.370. The largest absolute Gasteiger partial charge is 0.416 e. The van der Waals surface area contributed by atoms with Gasteiger partial charge in [-0.25, -0.2) is 4.99 Å². The number of rotatable bonds is 7. The summed E-state index contributed by atoms with van der Waals surface area (Å²) in [7, 11) is 0. The van der Waals surface area contributed by atoms with Crippen LogP contribution in [-0.2, 0) is 12.7 Å². The van der Waals surface area contributed by atoms with Crippen molar-refractivity contribution in [1.82, 2.24) is 15.5 Å². The third-order valence-electron chi connectivity index (χ3n) is 6.56. The van der Waals surface area contributed by atoms with E-state index in [1.165, 1.54) is 12.1 Å². The van der Waals surface area contributed by atoms with Gasteiger partial charge < -0.3 is 15.5 Å². The molecule has 2 fully saturated rings. The number of amidine groups is 1. The first-order valence-corrected chi connectivity index (χ1v) is 12.3. The molecule has 2 aliphatic heterocycles. The Morgan fingerprint density at radius 2 is 2.00 bits per heavy atom. The molecule has 0 aromatic heterocycles. The summed E-state index contributed by atoms with van der Waals surface area (Å²) < 4.78 is 40.1. The second kappa shape index (κ2) is 12.2. The molecule has 1 aromatic carbocycles. The zero-order valence-electron chi connectivity index (χ0n) is 21.4. The third kappa shape index (κ3) is 6.97. The van der Waals surface area contributed by atoms with Gasteiger partial charge in [0.1, 0.15) is 0 Å². The van der Waals surface area contributed by atoms with Crippen LogP contribution in [0.15, 0.2) is 76.2 Å². The molecular weight excluding hydrogens is 463 g/mol. The summed E-state index contributed by atoms with van der Waals surface area (Å²) in [5.74, 6) is 0.945. The Morgan fingerprint density at radius 1 is 1.22 bits per heavy atom. The Morgan fingerprint density at radius 3 is 2.64 bits per heavy atom. The highest BCUT2D eigenvalue weighted by Gasteiger charge is 2.31. The minimum Gasteiger partial charge on any atom is -0.382 e. The van der Waals surface area contributed by atoms with Crippen molar-refractivity contribution in [3.8, 4) is 0 Å². The number of nitrogens with zero attached hydrogens (tertiary/aromatic N) is 3. The molecule has 0 amide bonds. The van der Waals surface area contributed by atoms with E-state index in [-0.39, 0.29) is 0 Å². The number of hydrogen-bond acceptors (Lipinski definition) is 4. The number of halogens is 3. The van der Waals surface area contributed by atoms with Crippen LogP contribution in [0, 0.1) is 12.8 Å². The Bertz CT molecular complexity index is 1090. The van der Waals surface area contributed by atoms with Gasteiger partial charge in [-0.15, -0.1) is 0 Å². The molecule has 0 spiro atoms. The van der Waals surface area contributed by atoms with Crippen molar-refractivity contribution in [2.75, 3.05) is 26.2 Å². The molecule has 36 heavy (non-hydrogen) atoms. The highest BCUT2D eigenvalue weighted by Crippen LogP contribution is 2.31. The molecule has 2 aliphatic rings. The normalized spacial score (nSPS) is 21.3. The maximum atomic E-state index is 13.4. The van der Waals surface area contributed by atoms with Crippen molar-refractivity contribution in [3.63, 3.8) is 0 Å². The molecule has 3 rings (SSSR count). The van der Waals surface area contributed by atoms with E-state index in [2.05, 4.69) is 28.8 Å². The standard InChI is InChI=1S/C28H36F3N5/c1-6-22(17-34-20(4)23-11-13-32-16-23)26(7-2)35-27-21(5)33-12-8-14-36(27)18-24-15-25(28(29,30)31)10-9-19(24)3/h6-7,9-10,15,17,23,32-33H,4-5,8,11-14,16,18H2,1-3H3/b22-6+,26-7-,34-17?,35-27?. The minimum absolute atomic E-state index is 0.303. The van der Waals surface area contributed by atoms with Gasteiger partial charge in [0, 0.05) is 49.6 Å². The Labute approximate surface area is 212 Å². The molecule has 2 heterocycles. The van der Waals surface area contributed by atoms with Crippen LogP contribution in [0.1, 0.15) is 43.4 Å². The summed E-state index contributed by atoms with van der Waals surface area (Å²) in [5.41, 5.74) is 3.80. The highest BCUT2D eigenvalue weighted by atomic mass is 19.4. The summed E-state index contributed by atoms with van der Waals surface area (Å²) in [6.45, 7) is 17.5. The summed E-state index contributed by atoms with van der Waals surface area (Å²) in [4.78, 5) is 11.6. The predicted molar refractivity (Wildman–Crippen MR) is 142 cm³/mol. The first-order valence-electron chi connectivity index (χ1n) is 12.3. The average Bonchev–Trinajstić information content (AvgIpc) is 3.33. The van der Waals surface area contributed by atoms with Crippen LogP contribution in [-0.4, -0.2) is 43.1 Å². The predicted octanol–water partition coefficient (Wildman–Crippen LogP) is 5.77. The van der Waals surface area contributed by atoms with Crippen LogP contribution in [0.2, 0.25) is 0 Å². The van der Waals surface area contributed by atoms with Crippen molar-refractivity contribution in [2.45, 2.75) is 46.3 Å². The van der Waals surface area contributed by atoms with Crippen LogP contribution in [0.25, 0.3) is 0 Å².